The molecule has 1 aromatic carbocycles. The molecule has 0 aliphatic carbocycles. The van der Waals surface area contributed by atoms with E-state index >= 15 is 0 Å². The predicted molar refractivity (Wildman–Crippen MR) is 59.8 cm³/mol. The lowest BCUT2D eigenvalue weighted by atomic mass is 10.2. The summed E-state index contributed by atoms with van der Waals surface area (Å²) in [5, 5.41) is 10.9. The van der Waals surface area contributed by atoms with Crippen LogP contribution in [0.4, 0.5) is 0 Å². The zero-order valence-electron chi connectivity index (χ0n) is 7.33. The number of nitrogens with zero attached hydrogens (tertiary/aromatic N) is 1. The summed E-state index contributed by atoms with van der Waals surface area (Å²) in [4.78, 5) is 9.92. The van der Waals surface area contributed by atoms with Crippen LogP contribution < -0.4 is 0 Å². The van der Waals surface area contributed by atoms with Crippen LogP contribution in [0.5, 0.6) is 0 Å². The Morgan fingerprint density at radius 2 is 2.29 bits per heavy atom. The molecule has 0 radical (unpaired) electrons. The third-order valence-electron chi connectivity index (χ3n) is 1.61. The Hall–Kier alpha value is -0.870. The highest BCUT2D eigenvalue weighted by Gasteiger charge is 2.04. The van der Waals surface area contributed by atoms with Gasteiger partial charge < -0.3 is 0 Å². The molecule has 5 heteroatoms. The molecule has 0 saturated heterocycles. The Kier molecular flexibility index (Phi) is 3.66. The van der Waals surface area contributed by atoms with Gasteiger partial charge in [0, 0.05) is 22.5 Å². The van der Waals surface area contributed by atoms with Gasteiger partial charge in [-0.15, -0.1) is 0 Å². The van der Waals surface area contributed by atoms with Gasteiger partial charge in [0.1, 0.15) is 0 Å². The van der Waals surface area contributed by atoms with Crippen molar-refractivity contribution < 1.29 is 4.92 Å². The quantitative estimate of drug-likeness (QED) is 0.610. The fraction of sp³-hybridized carbons (Fsp3) is 0.111. The van der Waals surface area contributed by atoms with Gasteiger partial charge in [-0.3, -0.25) is 10.1 Å². The molecule has 1 rings (SSSR count). The molecule has 0 aliphatic rings. The largest absolute Gasteiger partial charge is 0.259 e. The Morgan fingerprint density at radius 3 is 2.79 bits per heavy atom. The smallest absolute Gasteiger partial charge is 0.243 e. The normalized spacial score (nSPS) is 11.5. The third-order valence-corrected chi connectivity index (χ3v) is 2.44. The summed E-state index contributed by atoms with van der Waals surface area (Å²) >= 11 is 9.13. The summed E-state index contributed by atoms with van der Waals surface area (Å²) in [7, 11) is 0. The van der Waals surface area contributed by atoms with E-state index in [9.17, 15) is 10.1 Å². The first-order valence-electron chi connectivity index (χ1n) is 3.78. The maximum atomic E-state index is 10.4. The van der Waals surface area contributed by atoms with E-state index in [1.165, 1.54) is 13.0 Å². The first-order valence-corrected chi connectivity index (χ1v) is 4.95. The molecule has 0 heterocycles. The van der Waals surface area contributed by atoms with Crippen LogP contribution in [0.2, 0.25) is 5.02 Å². The predicted octanol–water partition coefficient (Wildman–Crippen LogP) is 3.74. The van der Waals surface area contributed by atoms with Gasteiger partial charge in [-0.05, 0) is 17.7 Å². The molecule has 0 amide bonds. The minimum Gasteiger partial charge on any atom is -0.259 e. The standard InChI is InChI=1S/C9H7BrClNO2/c1-6(12(13)14)4-7-2-3-8(10)5-9(7)11/h2-5H,1H3. The highest BCUT2D eigenvalue weighted by Crippen LogP contribution is 2.23. The van der Waals surface area contributed by atoms with Gasteiger partial charge in [-0.25, -0.2) is 0 Å². The number of allylic oxidation sites excluding steroid dienone is 1. The van der Waals surface area contributed by atoms with E-state index in [0.29, 0.717) is 10.6 Å². The highest BCUT2D eigenvalue weighted by molar-refractivity contribution is 9.10. The SMILES string of the molecule is CC(=Cc1ccc(Br)cc1Cl)[N+](=O)[O-]. The summed E-state index contributed by atoms with van der Waals surface area (Å²) in [5.74, 6) is 0. The lowest BCUT2D eigenvalue weighted by Gasteiger charge is -1.98. The van der Waals surface area contributed by atoms with Crippen LogP contribution in [0.1, 0.15) is 12.5 Å². The van der Waals surface area contributed by atoms with E-state index in [1.54, 1.807) is 18.2 Å². The molecule has 0 fully saturated rings. The number of rotatable bonds is 2. The van der Waals surface area contributed by atoms with Crippen molar-refractivity contribution in [2.24, 2.45) is 0 Å². The highest BCUT2D eigenvalue weighted by atomic mass is 79.9. The lowest BCUT2D eigenvalue weighted by molar-refractivity contribution is -0.422. The van der Waals surface area contributed by atoms with Gasteiger partial charge in [0.2, 0.25) is 5.70 Å². The fourth-order valence-electron chi connectivity index (χ4n) is 0.896. The summed E-state index contributed by atoms with van der Waals surface area (Å²) in [6, 6.07) is 5.20. The zero-order valence-corrected chi connectivity index (χ0v) is 9.67. The minimum atomic E-state index is -0.446. The summed E-state index contributed by atoms with van der Waals surface area (Å²) < 4.78 is 0.846. The van der Waals surface area contributed by atoms with Gasteiger partial charge in [0.05, 0.1) is 4.92 Å². The number of benzene rings is 1. The molecule has 0 bridgehead atoms. The Balaban J connectivity index is 3.09. The first-order chi connectivity index (χ1) is 6.50. The van der Waals surface area contributed by atoms with E-state index in [4.69, 9.17) is 11.6 Å². The Bertz CT molecular complexity index is 404. The van der Waals surface area contributed by atoms with Crippen LogP contribution in [0.15, 0.2) is 28.4 Å². The lowest BCUT2D eigenvalue weighted by Crippen LogP contribution is -1.93. The number of hydrogen-bond donors (Lipinski definition) is 0. The second-order valence-corrected chi connectivity index (χ2v) is 4.03. The summed E-state index contributed by atoms with van der Waals surface area (Å²) in [6.07, 6.45) is 1.44. The second kappa shape index (κ2) is 4.57. The molecule has 0 unspecified atom stereocenters. The van der Waals surface area contributed by atoms with E-state index in [-0.39, 0.29) is 5.70 Å². The van der Waals surface area contributed by atoms with Gasteiger partial charge in [0.25, 0.3) is 0 Å². The van der Waals surface area contributed by atoms with Crippen molar-refractivity contribution in [3.05, 3.63) is 49.1 Å². The van der Waals surface area contributed by atoms with E-state index in [2.05, 4.69) is 15.9 Å². The van der Waals surface area contributed by atoms with Gasteiger partial charge in [-0.1, -0.05) is 33.6 Å². The molecule has 1 aromatic rings. The molecule has 0 N–H and O–H groups in total. The average Bonchev–Trinajstić information content (AvgIpc) is 2.09. The topological polar surface area (TPSA) is 43.1 Å². The van der Waals surface area contributed by atoms with Gasteiger partial charge >= 0.3 is 0 Å². The molecule has 3 nitrogen and oxygen atoms in total. The van der Waals surface area contributed by atoms with Crippen molar-refractivity contribution >= 4 is 33.6 Å². The van der Waals surface area contributed by atoms with Crippen LogP contribution in [0, 0.1) is 10.1 Å². The molecular formula is C9H7BrClNO2. The van der Waals surface area contributed by atoms with Crippen molar-refractivity contribution in [3.63, 3.8) is 0 Å². The fourth-order valence-corrected chi connectivity index (χ4v) is 1.62. The van der Waals surface area contributed by atoms with Crippen LogP contribution in [0.3, 0.4) is 0 Å². The number of nitro groups is 1. The van der Waals surface area contributed by atoms with Crippen molar-refractivity contribution in [2.75, 3.05) is 0 Å². The third kappa shape index (κ3) is 2.82. The van der Waals surface area contributed by atoms with E-state index in [0.717, 1.165) is 4.47 Å². The maximum absolute atomic E-state index is 10.4. The van der Waals surface area contributed by atoms with Gasteiger partial charge in [0.15, 0.2) is 0 Å². The molecule has 74 valence electrons. The van der Waals surface area contributed by atoms with Crippen molar-refractivity contribution in [2.45, 2.75) is 6.92 Å². The monoisotopic (exact) mass is 275 g/mol. The second-order valence-electron chi connectivity index (χ2n) is 2.71. The number of hydrogen-bond acceptors (Lipinski definition) is 2. The van der Waals surface area contributed by atoms with E-state index < -0.39 is 4.92 Å². The molecule has 0 atom stereocenters. The van der Waals surface area contributed by atoms with Crippen LogP contribution in [-0.4, -0.2) is 4.92 Å². The zero-order chi connectivity index (χ0) is 10.7. The molecule has 14 heavy (non-hydrogen) atoms. The van der Waals surface area contributed by atoms with Crippen molar-refractivity contribution in [1.29, 1.82) is 0 Å². The van der Waals surface area contributed by atoms with Crippen LogP contribution >= 0.6 is 27.5 Å². The Labute approximate surface area is 94.7 Å². The average molecular weight is 277 g/mol. The minimum absolute atomic E-state index is 0.0641. The van der Waals surface area contributed by atoms with Crippen LogP contribution in [0.25, 0.3) is 6.08 Å². The molecular weight excluding hydrogens is 269 g/mol. The molecule has 0 aromatic heterocycles. The van der Waals surface area contributed by atoms with E-state index in [1.807, 2.05) is 0 Å². The molecule has 0 saturated carbocycles. The van der Waals surface area contributed by atoms with Gasteiger partial charge in [-0.2, -0.15) is 0 Å². The Morgan fingerprint density at radius 1 is 1.64 bits per heavy atom. The molecule has 0 spiro atoms. The first kappa shape index (κ1) is 11.2. The summed E-state index contributed by atoms with van der Waals surface area (Å²) in [6.45, 7) is 1.43. The number of halogens is 2. The maximum Gasteiger partial charge on any atom is 0.243 e. The summed E-state index contributed by atoms with van der Waals surface area (Å²) in [5.41, 5.74) is 0.707. The molecule has 0 aliphatic heterocycles. The van der Waals surface area contributed by atoms with Crippen molar-refractivity contribution in [3.8, 4) is 0 Å². The van der Waals surface area contributed by atoms with Crippen molar-refractivity contribution in [1.82, 2.24) is 0 Å². The van der Waals surface area contributed by atoms with Crippen LogP contribution in [-0.2, 0) is 0 Å².